The molecule has 0 bridgehead atoms. The van der Waals surface area contributed by atoms with E-state index in [1.165, 1.54) is 25.3 Å². The highest BCUT2D eigenvalue weighted by molar-refractivity contribution is 6.03. The Kier molecular flexibility index (Phi) is 9.78. The molecule has 0 radical (unpaired) electrons. The van der Waals surface area contributed by atoms with Gasteiger partial charge in [0, 0.05) is 29.6 Å². The topological polar surface area (TPSA) is 131 Å². The lowest BCUT2D eigenvalue weighted by molar-refractivity contribution is -0.0967. The fraction of sp³-hybridized carbons (Fsp3) is 0.581. The first-order valence-corrected chi connectivity index (χ1v) is 20.7. The van der Waals surface area contributed by atoms with Gasteiger partial charge in [0.15, 0.2) is 5.82 Å². The van der Waals surface area contributed by atoms with E-state index in [-0.39, 0.29) is 57.4 Å². The number of carbonyl (C=O) groups excluding carboxylic acids is 1. The maximum atomic E-state index is 17.5. The second-order valence-electron chi connectivity index (χ2n) is 17.0. The lowest BCUT2D eigenvalue weighted by Gasteiger charge is -2.51. The first-order chi connectivity index (χ1) is 27.5. The molecule has 1 aliphatic carbocycles. The molecule has 304 valence electrons. The molecular formula is C43H52F2N6O6. The van der Waals surface area contributed by atoms with Crippen LogP contribution in [-0.4, -0.2) is 101 Å². The van der Waals surface area contributed by atoms with Gasteiger partial charge in [-0.2, -0.15) is 9.97 Å². The number of pyridine rings is 1. The summed E-state index contributed by atoms with van der Waals surface area (Å²) in [7, 11) is 1.45. The fourth-order valence-corrected chi connectivity index (χ4v) is 11.0. The predicted octanol–water partition coefficient (Wildman–Crippen LogP) is 7.45. The lowest BCUT2D eigenvalue weighted by Crippen LogP contribution is -2.57. The quantitative estimate of drug-likeness (QED) is 0.185. The zero-order valence-electron chi connectivity index (χ0n) is 33.2. The molecule has 57 heavy (non-hydrogen) atoms. The minimum atomic E-state index is -0.783. The Labute approximate surface area is 331 Å². The van der Waals surface area contributed by atoms with Crippen LogP contribution < -0.4 is 19.7 Å². The van der Waals surface area contributed by atoms with Crippen molar-refractivity contribution < 1.29 is 37.6 Å². The van der Waals surface area contributed by atoms with Gasteiger partial charge in [-0.3, -0.25) is 4.90 Å². The molecule has 6 heterocycles. The van der Waals surface area contributed by atoms with Crippen LogP contribution in [0.5, 0.6) is 17.6 Å². The lowest BCUT2D eigenvalue weighted by atomic mass is 9.74. The summed E-state index contributed by atoms with van der Waals surface area (Å²) < 4.78 is 57.3. The summed E-state index contributed by atoms with van der Waals surface area (Å²) in [6.07, 6.45) is 8.96. The van der Waals surface area contributed by atoms with Crippen LogP contribution in [0.15, 0.2) is 24.3 Å². The first kappa shape index (κ1) is 38.0. The predicted molar refractivity (Wildman–Crippen MR) is 211 cm³/mol. The Morgan fingerprint density at radius 2 is 1.81 bits per heavy atom. The number of piperidine rings is 2. The molecule has 12 nitrogen and oxygen atoms in total. The minimum absolute atomic E-state index is 0.0308. The number of nitrogens with one attached hydrogen (secondary N) is 1. The van der Waals surface area contributed by atoms with Gasteiger partial charge in [-0.15, -0.1) is 0 Å². The van der Waals surface area contributed by atoms with Crippen molar-refractivity contribution >= 4 is 33.6 Å². The maximum Gasteiger partial charge on any atom is 0.407 e. The number of hydrogen-bond donors (Lipinski definition) is 2. The number of methoxy groups -OCH3 is 1. The Morgan fingerprint density at radius 3 is 2.56 bits per heavy atom. The normalized spacial score (nSPS) is 29.2. The van der Waals surface area contributed by atoms with Gasteiger partial charge in [0.25, 0.3) is 0 Å². The Morgan fingerprint density at radius 1 is 1.02 bits per heavy atom. The van der Waals surface area contributed by atoms with E-state index in [0.717, 1.165) is 51.5 Å². The highest BCUT2D eigenvalue weighted by atomic mass is 19.1. The molecular weight excluding hydrogens is 735 g/mol. The summed E-state index contributed by atoms with van der Waals surface area (Å²) in [5.74, 6) is -0.898. The summed E-state index contributed by atoms with van der Waals surface area (Å²) in [6.45, 7) is 8.80. The Hall–Kier alpha value is -4.56. The SMILES string of the molecule is CCc1c(F)ccc2cc(O)cc(-c3nc(OC)c4c(N5CCCC6(CNC(=O)O6)C5)nc(OCC56CCCC5N(C5CC(C)OC(C)C5)CCC6)nc4c3F)c12. The number of likely N-dealkylation sites (tertiary alicyclic amines) is 1. The largest absolute Gasteiger partial charge is 0.508 e. The van der Waals surface area contributed by atoms with Gasteiger partial charge in [-0.1, -0.05) is 19.4 Å². The van der Waals surface area contributed by atoms with Crippen molar-refractivity contribution in [3.8, 4) is 28.9 Å². The van der Waals surface area contributed by atoms with E-state index in [9.17, 15) is 9.90 Å². The van der Waals surface area contributed by atoms with Gasteiger partial charge in [0.1, 0.15) is 39.6 Å². The van der Waals surface area contributed by atoms with E-state index in [1.807, 2.05) is 11.8 Å². The summed E-state index contributed by atoms with van der Waals surface area (Å²) in [6, 6.07) is 6.68. The highest BCUT2D eigenvalue weighted by Crippen LogP contribution is 2.50. The fourth-order valence-electron chi connectivity index (χ4n) is 11.0. The van der Waals surface area contributed by atoms with Gasteiger partial charge in [0.2, 0.25) is 5.88 Å². The van der Waals surface area contributed by atoms with Crippen LogP contribution in [0.2, 0.25) is 0 Å². The van der Waals surface area contributed by atoms with Crippen LogP contribution >= 0.6 is 0 Å². The van der Waals surface area contributed by atoms with Gasteiger partial charge in [-0.05, 0) is 113 Å². The second kappa shape index (κ2) is 14.7. The number of ether oxygens (including phenoxy) is 4. The molecule has 14 heteroatoms. The van der Waals surface area contributed by atoms with Crippen LogP contribution in [0.1, 0.15) is 84.1 Å². The number of rotatable bonds is 8. The number of amides is 1. The maximum absolute atomic E-state index is 17.5. The van der Waals surface area contributed by atoms with Crippen LogP contribution in [0, 0.1) is 17.0 Å². The van der Waals surface area contributed by atoms with Crippen molar-refractivity contribution in [3.05, 3.63) is 41.5 Å². The van der Waals surface area contributed by atoms with E-state index in [1.54, 1.807) is 6.07 Å². The summed E-state index contributed by atoms with van der Waals surface area (Å²) in [5, 5.41) is 14.9. The number of phenols is 1. The molecule has 1 saturated carbocycles. The minimum Gasteiger partial charge on any atom is -0.508 e. The zero-order valence-corrected chi connectivity index (χ0v) is 33.2. The number of phenolic OH excluding ortho intramolecular Hbond substituents is 1. The molecule has 2 N–H and O–H groups in total. The average Bonchev–Trinajstić information content (AvgIpc) is 3.79. The molecule has 5 aliphatic rings. The summed E-state index contributed by atoms with van der Waals surface area (Å²) in [4.78, 5) is 31.5. The van der Waals surface area contributed by atoms with Gasteiger partial charge in [-0.25, -0.2) is 18.6 Å². The monoisotopic (exact) mass is 786 g/mol. The molecule has 1 amide bonds. The third-order valence-electron chi connectivity index (χ3n) is 13.4. The smallest absolute Gasteiger partial charge is 0.407 e. The van der Waals surface area contributed by atoms with Crippen LogP contribution in [0.25, 0.3) is 32.9 Å². The molecule has 9 rings (SSSR count). The van der Waals surface area contributed by atoms with Gasteiger partial charge in [0.05, 0.1) is 39.0 Å². The number of hydrogen-bond acceptors (Lipinski definition) is 11. The molecule has 1 spiro atoms. The van der Waals surface area contributed by atoms with Crippen LogP contribution in [-0.2, 0) is 15.9 Å². The number of anilines is 1. The van der Waals surface area contributed by atoms with Crippen molar-refractivity contribution in [2.24, 2.45) is 5.41 Å². The molecule has 5 fully saturated rings. The van der Waals surface area contributed by atoms with Crippen molar-refractivity contribution in [2.75, 3.05) is 44.8 Å². The first-order valence-electron chi connectivity index (χ1n) is 20.7. The van der Waals surface area contributed by atoms with E-state index < -0.39 is 23.3 Å². The number of halogens is 2. The van der Waals surface area contributed by atoms with Crippen molar-refractivity contribution in [1.29, 1.82) is 0 Å². The molecule has 5 atom stereocenters. The van der Waals surface area contributed by atoms with E-state index in [0.29, 0.717) is 79.7 Å². The number of nitrogens with zero attached hydrogens (tertiary/aromatic N) is 5. The number of alkyl carbamates (subject to hydrolysis) is 1. The van der Waals surface area contributed by atoms with Crippen molar-refractivity contribution in [2.45, 2.75) is 115 Å². The van der Waals surface area contributed by atoms with Crippen LogP contribution in [0.3, 0.4) is 0 Å². The second-order valence-corrected chi connectivity index (χ2v) is 17.0. The number of benzene rings is 2. The Bertz CT molecular complexity index is 2220. The van der Waals surface area contributed by atoms with E-state index in [4.69, 9.17) is 33.9 Å². The van der Waals surface area contributed by atoms with E-state index in [2.05, 4.69) is 24.1 Å². The number of aromatic nitrogens is 3. The summed E-state index contributed by atoms with van der Waals surface area (Å²) in [5.41, 5.74) is -0.507. The van der Waals surface area contributed by atoms with Crippen LogP contribution in [0.4, 0.5) is 19.4 Å². The zero-order chi connectivity index (χ0) is 39.6. The van der Waals surface area contributed by atoms with Gasteiger partial charge < -0.3 is 34.3 Å². The molecule has 4 aliphatic heterocycles. The molecule has 2 aromatic heterocycles. The molecule has 4 aromatic rings. The number of carbonyl (C=O) groups is 1. The third-order valence-corrected chi connectivity index (χ3v) is 13.4. The van der Waals surface area contributed by atoms with Crippen molar-refractivity contribution in [1.82, 2.24) is 25.2 Å². The van der Waals surface area contributed by atoms with Crippen molar-refractivity contribution in [3.63, 3.8) is 0 Å². The highest BCUT2D eigenvalue weighted by Gasteiger charge is 2.51. The third kappa shape index (κ3) is 6.66. The Balaban J connectivity index is 1.16. The average molecular weight is 787 g/mol. The van der Waals surface area contributed by atoms with E-state index >= 15 is 8.78 Å². The molecule has 5 unspecified atom stereocenters. The van der Waals surface area contributed by atoms with Gasteiger partial charge >= 0.3 is 12.1 Å². The molecule has 4 saturated heterocycles. The number of fused-ring (bicyclic) bond motifs is 3. The molecule has 2 aromatic carbocycles. The summed E-state index contributed by atoms with van der Waals surface area (Å²) >= 11 is 0. The number of aryl methyl sites for hydroxylation is 1. The standard InChI is InChI=1S/C43H52F2N6O6/c1-5-29-31(44)11-10-26-19-28(52)20-30(33(26)29)36-35(45)37-34(39(47-36)54-4)38(50-15-8-14-43(22-50)21-46-41(53)57-43)49-40(48-37)55-23-42-12-6-9-32(42)51(16-7-13-42)27-17-24(2)56-25(3)18-27/h10-11,19-20,24-25,27,32,52H,5-9,12-18,21-23H2,1-4H3,(H,46,53). The number of aromatic hydroxyl groups is 1.